The number of carbonyl (C=O) groups is 2. The molecule has 1 saturated carbocycles. The van der Waals surface area contributed by atoms with Crippen molar-refractivity contribution in [2.75, 3.05) is 26.8 Å². The third-order valence-electron chi connectivity index (χ3n) is 3.53. The number of likely N-dealkylation sites (N-methyl/N-ethyl adjacent to an activating group) is 1. The minimum absolute atomic E-state index is 0.333. The SMILES string of the molecule is CCC(C)(NC(=O)N(C)CCOCC1CC1)C(=O)O. The maximum atomic E-state index is 11.9. The van der Waals surface area contributed by atoms with E-state index in [2.05, 4.69) is 5.32 Å². The van der Waals surface area contributed by atoms with Gasteiger partial charge >= 0.3 is 12.0 Å². The number of carboxylic acids is 1. The van der Waals surface area contributed by atoms with E-state index in [0.29, 0.717) is 25.5 Å². The van der Waals surface area contributed by atoms with Gasteiger partial charge in [-0.3, -0.25) is 0 Å². The van der Waals surface area contributed by atoms with Gasteiger partial charge in [0.25, 0.3) is 0 Å². The molecule has 1 atom stereocenters. The molecule has 1 fully saturated rings. The van der Waals surface area contributed by atoms with E-state index in [9.17, 15) is 9.59 Å². The van der Waals surface area contributed by atoms with Crippen molar-refractivity contribution >= 4 is 12.0 Å². The van der Waals surface area contributed by atoms with E-state index in [0.717, 1.165) is 6.61 Å². The number of hydrogen-bond acceptors (Lipinski definition) is 3. The van der Waals surface area contributed by atoms with Crippen LogP contribution in [-0.2, 0) is 9.53 Å². The Bertz CT molecular complexity index is 331. The van der Waals surface area contributed by atoms with E-state index in [1.54, 1.807) is 14.0 Å². The van der Waals surface area contributed by atoms with Crippen LogP contribution in [-0.4, -0.2) is 54.4 Å². The normalized spacial score (nSPS) is 17.6. The summed E-state index contributed by atoms with van der Waals surface area (Å²) in [5.41, 5.74) is -1.22. The maximum Gasteiger partial charge on any atom is 0.329 e. The summed E-state index contributed by atoms with van der Waals surface area (Å²) in [5.74, 6) is -0.323. The summed E-state index contributed by atoms with van der Waals surface area (Å²) in [6.07, 6.45) is 2.81. The molecule has 6 heteroatoms. The van der Waals surface area contributed by atoms with E-state index in [1.165, 1.54) is 24.7 Å². The predicted octanol–water partition coefficient (Wildman–Crippen LogP) is 1.31. The van der Waals surface area contributed by atoms with Crippen LogP contribution >= 0.6 is 0 Å². The zero-order valence-corrected chi connectivity index (χ0v) is 11.9. The molecule has 2 amide bonds. The van der Waals surface area contributed by atoms with Gasteiger partial charge in [0.2, 0.25) is 0 Å². The molecule has 110 valence electrons. The standard InChI is InChI=1S/C13H24N2O4/c1-4-13(2,11(16)17)14-12(18)15(3)7-8-19-9-10-5-6-10/h10H,4-9H2,1-3H3,(H,14,18)(H,16,17). The highest BCUT2D eigenvalue weighted by molar-refractivity contribution is 5.85. The molecule has 0 spiro atoms. The third kappa shape index (κ3) is 5.06. The summed E-state index contributed by atoms with van der Waals surface area (Å²) in [5, 5.41) is 11.6. The number of nitrogens with one attached hydrogen (secondary N) is 1. The van der Waals surface area contributed by atoms with Gasteiger partial charge in [-0.25, -0.2) is 9.59 Å². The highest BCUT2D eigenvalue weighted by atomic mass is 16.5. The van der Waals surface area contributed by atoms with Gasteiger partial charge in [0, 0.05) is 20.2 Å². The monoisotopic (exact) mass is 272 g/mol. The Labute approximate surface area is 114 Å². The van der Waals surface area contributed by atoms with Crippen molar-refractivity contribution < 1.29 is 19.4 Å². The number of carbonyl (C=O) groups excluding carboxylic acids is 1. The van der Waals surface area contributed by atoms with Gasteiger partial charge in [0.15, 0.2) is 0 Å². The highest BCUT2D eigenvalue weighted by Gasteiger charge is 2.33. The fourth-order valence-electron chi connectivity index (χ4n) is 1.46. The van der Waals surface area contributed by atoms with Crippen molar-refractivity contribution in [3.8, 4) is 0 Å². The van der Waals surface area contributed by atoms with Gasteiger partial charge in [-0.15, -0.1) is 0 Å². The van der Waals surface area contributed by atoms with Gasteiger partial charge in [-0.1, -0.05) is 6.92 Å². The number of rotatable bonds is 8. The number of hydrogen-bond donors (Lipinski definition) is 2. The molecule has 0 heterocycles. The zero-order chi connectivity index (χ0) is 14.5. The Morgan fingerprint density at radius 2 is 2.11 bits per heavy atom. The van der Waals surface area contributed by atoms with Crippen molar-refractivity contribution in [3.05, 3.63) is 0 Å². The van der Waals surface area contributed by atoms with Crippen molar-refractivity contribution in [2.24, 2.45) is 5.92 Å². The Morgan fingerprint density at radius 3 is 2.58 bits per heavy atom. The lowest BCUT2D eigenvalue weighted by Gasteiger charge is -2.28. The van der Waals surface area contributed by atoms with E-state index >= 15 is 0 Å². The smallest absolute Gasteiger partial charge is 0.329 e. The van der Waals surface area contributed by atoms with Gasteiger partial charge in [-0.2, -0.15) is 0 Å². The second-order valence-electron chi connectivity index (χ2n) is 5.36. The third-order valence-corrected chi connectivity index (χ3v) is 3.53. The number of amides is 2. The number of carboxylic acid groups (broad SMARTS) is 1. The molecule has 6 nitrogen and oxygen atoms in total. The number of urea groups is 1. The van der Waals surface area contributed by atoms with Crippen LogP contribution in [0.5, 0.6) is 0 Å². The molecular formula is C13H24N2O4. The van der Waals surface area contributed by atoms with Crippen LogP contribution in [0.2, 0.25) is 0 Å². The summed E-state index contributed by atoms with van der Waals surface area (Å²) in [4.78, 5) is 24.4. The Balaban J connectivity index is 2.27. The summed E-state index contributed by atoms with van der Waals surface area (Å²) in [6, 6.07) is -0.387. The lowest BCUT2D eigenvalue weighted by molar-refractivity contribution is -0.143. The van der Waals surface area contributed by atoms with Crippen LogP contribution < -0.4 is 5.32 Å². The molecule has 0 aromatic heterocycles. The fraction of sp³-hybridized carbons (Fsp3) is 0.846. The molecule has 0 aromatic rings. The lowest BCUT2D eigenvalue weighted by Crippen LogP contribution is -2.55. The van der Waals surface area contributed by atoms with Crippen LogP contribution in [0.1, 0.15) is 33.1 Å². The number of nitrogens with zero attached hydrogens (tertiary/aromatic N) is 1. The van der Waals surface area contributed by atoms with E-state index in [1.807, 2.05) is 0 Å². The summed E-state index contributed by atoms with van der Waals surface area (Å²) in [7, 11) is 1.63. The topological polar surface area (TPSA) is 78.9 Å². The second-order valence-corrected chi connectivity index (χ2v) is 5.36. The predicted molar refractivity (Wildman–Crippen MR) is 71.0 cm³/mol. The Morgan fingerprint density at radius 1 is 1.47 bits per heavy atom. The number of aliphatic carboxylic acids is 1. The second kappa shape index (κ2) is 6.75. The molecular weight excluding hydrogens is 248 g/mol. The lowest BCUT2D eigenvalue weighted by atomic mass is 10.00. The van der Waals surface area contributed by atoms with Crippen LogP contribution in [0.25, 0.3) is 0 Å². The van der Waals surface area contributed by atoms with Crippen LogP contribution in [0.15, 0.2) is 0 Å². The van der Waals surface area contributed by atoms with Gasteiger partial charge < -0.3 is 20.1 Å². The summed E-state index contributed by atoms with van der Waals surface area (Å²) >= 11 is 0. The minimum Gasteiger partial charge on any atom is -0.480 e. The van der Waals surface area contributed by atoms with Crippen molar-refractivity contribution in [2.45, 2.75) is 38.6 Å². The fourth-order valence-corrected chi connectivity index (χ4v) is 1.46. The Hall–Kier alpha value is -1.30. The first kappa shape index (κ1) is 15.8. The van der Waals surface area contributed by atoms with E-state index < -0.39 is 11.5 Å². The molecule has 0 saturated heterocycles. The molecule has 1 aliphatic carbocycles. The zero-order valence-electron chi connectivity index (χ0n) is 11.9. The first-order valence-electron chi connectivity index (χ1n) is 6.73. The minimum atomic E-state index is -1.22. The van der Waals surface area contributed by atoms with Crippen molar-refractivity contribution in [1.82, 2.24) is 10.2 Å². The molecule has 1 unspecified atom stereocenters. The molecule has 0 bridgehead atoms. The van der Waals surface area contributed by atoms with E-state index in [4.69, 9.17) is 9.84 Å². The average Bonchev–Trinajstić information content (AvgIpc) is 3.17. The summed E-state index contributed by atoms with van der Waals surface area (Å²) < 4.78 is 5.44. The van der Waals surface area contributed by atoms with Crippen molar-refractivity contribution in [1.29, 1.82) is 0 Å². The quantitative estimate of drug-likeness (QED) is 0.653. The van der Waals surface area contributed by atoms with Gasteiger partial charge in [-0.05, 0) is 32.1 Å². The van der Waals surface area contributed by atoms with Crippen LogP contribution in [0.3, 0.4) is 0 Å². The average molecular weight is 272 g/mol. The molecule has 0 aliphatic heterocycles. The molecule has 0 aromatic carbocycles. The molecule has 1 rings (SSSR count). The van der Waals surface area contributed by atoms with Crippen LogP contribution in [0.4, 0.5) is 4.79 Å². The van der Waals surface area contributed by atoms with Gasteiger partial charge in [0.05, 0.1) is 6.61 Å². The molecule has 19 heavy (non-hydrogen) atoms. The maximum absolute atomic E-state index is 11.9. The number of ether oxygens (including phenoxy) is 1. The largest absolute Gasteiger partial charge is 0.480 e. The van der Waals surface area contributed by atoms with Crippen molar-refractivity contribution in [3.63, 3.8) is 0 Å². The first-order valence-corrected chi connectivity index (χ1v) is 6.73. The van der Waals surface area contributed by atoms with E-state index in [-0.39, 0.29) is 6.03 Å². The first-order chi connectivity index (χ1) is 8.89. The Kier molecular flexibility index (Phi) is 5.60. The summed E-state index contributed by atoms with van der Waals surface area (Å²) in [6.45, 7) is 4.93. The van der Waals surface area contributed by atoms with Crippen LogP contribution in [0, 0.1) is 5.92 Å². The van der Waals surface area contributed by atoms with Gasteiger partial charge in [0.1, 0.15) is 5.54 Å². The highest BCUT2D eigenvalue weighted by Crippen LogP contribution is 2.28. The molecule has 0 radical (unpaired) electrons. The molecule has 2 N–H and O–H groups in total. The molecule has 1 aliphatic rings.